The van der Waals surface area contributed by atoms with Gasteiger partial charge in [0.25, 0.3) is 0 Å². The average molecular weight is 449 g/mol. The summed E-state index contributed by atoms with van der Waals surface area (Å²) in [5, 5.41) is 32.7. The number of phenolic OH excluding ortho intramolecular Hbond substituents is 2. The van der Waals surface area contributed by atoms with Gasteiger partial charge in [-0.3, -0.25) is 4.79 Å². The average Bonchev–Trinajstić information content (AvgIpc) is 2.75. The number of aliphatic carboxylic acids is 1. The Morgan fingerprint density at radius 3 is 2.30 bits per heavy atom. The maximum atomic E-state index is 12.2. The van der Waals surface area contributed by atoms with Gasteiger partial charge >= 0.3 is 5.97 Å². The maximum absolute atomic E-state index is 12.2. The third kappa shape index (κ3) is 2.67. The lowest BCUT2D eigenvalue weighted by atomic mass is 9.38. The van der Waals surface area contributed by atoms with Crippen LogP contribution in [0.15, 0.2) is 18.2 Å². The normalized spacial score (nSPS) is 37.3. The van der Waals surface area contributed by atoms with Crippen molar-refractivity contribution in [2.24, 2.45) is 22.2 Å². The molecule has 2 aromatic carbocycles. The summed E-state index contributed by atoms with van der Waals surface area (Å²) in [6, 6.07) is 3.85. The number of aromatic hydroxyl groups is 2. The molecule has 0 aromatic heterocycles. The van der Waals surface area contributed by atoms with Gasteiger partial charge in [0.2, 0.25) is 0 Å². The number of phenols is 2. The van der Waals surface area contributed by atoms with Crippen LogP contribution in [0.5, 0.6) is 11.5 Å². The van der Waals surface area contributed by atoms with Crippen LogP contribution in [0.2, 0.25) is 0 Å². The second-order valence-electron chi connectivity index (χ2n) is 12.2. The quantitative estimate of drug-likeness (QED) is 0.417. The van der Waals surface area contributed by atoms with Gasteiger partial charge in [-0.1, -0.05) is 39.0 Å². The van der Waals surface area contributed by atoms with E-state index in [0.29, 0.717) is 12.0 Å². The van der Waals surface area contributed by atoms with Crippen molar-refractivity contribution < 1.29 is 20.1 Å². The number of hydrogen-bond acceptors (Lipinski definition) is 3. The van der Waals surface area contributed by atoms with Crippen LogP contribution in [0, 0.1) is 36.0 Å². The van der Waals surface area contributed by atoms with Crippen molar-refractivity contribution in [1.29, 1.82) is 0 Å². The van der Waals surface area contributed by atoms with Gasteiger partial charge in [0, 0.05) is 11.0 Å². The summed E-state index contributed by atoms with van der Waals surface area (Å²) in [5.74, 6) is -0.540. The van der Waals surface area contributed by atoms with E-state index in [2.05, 4.69) is 45.9 Å². The summed E-state index contributed by atoms with van der Waals surface area (Å²) in [6.07, 6.45) is 9.09. The summed E-state index contributed by atoms with van der Waals surface area (Å²) in [5.41, 5.74) is 3.48. The van der Waals surface area contributed by atoms with Crippen LogP contribution < -0.4 is 0 Å². The van der Waals surface area contributed by atoms with Crippen LogP contribution in [-0.2, 0) is 10.2 Å². The molecule has 0 bridgehead atoms. The fourth-order valence-electron chi connectivity index (χ4n) is 7.86. The molecule has 0 spiro atoms. The number of fused-ring (bicyclic) bond motifs is 7. The highest BCUT2D eigenvalue weighted by molar-refractivity contribution is 5.98. The standard InChI is InChI=1S/C29H36O4/c1-16-13-19-17(2)24(31)21(30)14-20(19)18-7-8-28(5)22-15-27(4,25(32)33)10-9-26(22,3)11-12-29(28,6)23(16)18/h7-8,13-14,22,30-31H,9-12,15H2,1-6H3,(H,32,33)/t22-,26+,27+,28-,29+/m0/s1. The zero-order valence-corrected chi connectivity index (χ0v) is 20.7. The minimum Gasteiger partial charge on any atom is -0.504 e. The summed E-state index contributed by atoms with van der Waals surface area (Å²) in [6.45, 7) is 13.0. The number of aryl methyl sites for hydroxylation is 2. The van der Waals surface area contributed by atoms with E-state index in [4.69, 9.17) is 0 Å². The number of carboxylic acids is 1. The second-order valence-corrected chi connectivity index (χ2v) is 12.2. The molecule has 4 heteroatoms. The predicted molar refractivity (Wildman–Crippen MR) is 132 cm³/mol. The lowest BCUT2D eigenvalue weighted by molar-refractivity contribution is -0.161. The molecular formula is C29H36O4. The molecular weight excluding hydrogens is 412 g/mol. The summed E-state index contributed by atoms with van der Waals surface area (Å²) < 4.78 is 0. The van der Waals surface area contributed by atoms with Gasteiger partial charge in [0.1, 0.15) is 0 Å². The number of rotatable bonds is 1. The Balaban J connectivity index is 1.75. The Morgan fingerprint density at radius 1 is 0.970 bits per heavy atom. The minimum atomic E-state index is -0.682. The Hall–Kier alpha value is -2.49. The molecule has 0 amide bonds. The molecule has 0 heterocycles. The van der Waals surface area contributed by atoms with E-state index in [-0.39, 0.29) is 33.7 Å². The first-order chi connectivity index (χ1) is 15.3. The monoisotopic (exact) mass is 448 g/mol. The third-order valence-electron chi connectivity index (χ3n) is 10.4. The molecule has 5 rings (SSSR count). The van der Waals surface area contributed by atoms with Crippen molar-refractivity contribution in [3.8, 4) is 11.5 Å². The van der Waals surface area contributed by atoms with Crippen LogP contribution >= 0.6 is 0 Å². The first-order valence-electron chi connectivity index (χ1n) is 12.2. The lowest BCUT2D eigenvalue weighted by Crippen LogP contribution is -2.59. The van der Waals surface area contributed by atoms with Crippen molar-refractivity contribution in [1.82, 2.24) is 0 Å². The molecule has 3 aliphatic rings. The molecule has 2 fully saturated rings. The van der Waals surface area contributed by atoms with E-state index in [1.807, 2.05) is 13.8 Å². The Kier molecular flexibility index (Phi) is 4.43. The maximum Gasteiger partial charge on any atom is 0.309 e. The number of carboxylic acid groups (broad SMARTS) is 1. The molecule has 0 radical (unpaired) electrons. The molecule has 33 heavy (non-hydrogen) atoms. The highest BCUT2D eigenvalue weighted by atomic mass is 16.4. The molecule has 0 unspecified atom stereocenters. The number of carbonyl (C=O) groups is 1. The fraction of sp³-hybridized carbons (Fsp3) is 0.552. The summed E-state index contributed by atoms with van der Waals surface area (Å²) in [4.78, 5) is 12.2. The molecule has 0 saturated heterocycles. The Morgan fingerprint density at radius 2 is 1.64 bits per heavy atom. The van der Waals surface area contributed by atoms with Crippen molar-refractivity contribution in [2.75, 3.05) is 0 Å². The third-order valence-corrected chi connectivity index (χ3v) is 10.4. The molecule has 176 valence electrons. The van der Waals surface area contributed by atoms with Crippen molar-refractivity contribution >= 4 is 22.8 Å². The highest BCUT2D eigenvalue weighted by Crippen LogP contribution is 2.69. The van der Waals surface area contributed by atoms with Crippen LogP contribution in [0.25, 0.3) is 16.8 Å². The van der Waals surface area contributed by atoms with Gasteiger partial charge in [-0.25, -0.2) is 0 Å². The lowest BCUT2D eigenvalue weighted by Gasteiger charge is -2.65. The number of benzene rings is 2. The number of hydrogen-bond donors (Lipinski definition) is 3. The number of allylic oxidation sites excluding steroid dienone is 1. The van der Waals surface area contributed by atoms with Crippen molar-refractivity contribution in [2.45, 2.75) is 79.1 Å². The van der Waals surface area contributed by atoms with Crippen LogP contribution in [-0.4, -0.2) is 21.3 Å². The van der Waals surface area contributed by atoms with Gasteiger partial charge in [0.05, 0.1) is 5.41 Å². The van der Waals surface area contributed by atoms with E-state index in [1.54, 1.807) is 6.07 Å². The van der Waals surface area contributed by atoms with Crippen LogP contribution in [0.4, 0.5) is 0 Å². The first-order valence-corrected chi connectivity index (χ1v) is 12.2. The van der Waals surface area contributed by atoms with E-state index in [9.17, 15) is 20.1 Å². The van der Waals surface area contributed by atoms with Gasteiger partial charge in [-0.2, -0.15) is 0 Å². The van der Waals surface area contributed by atoms with Gasteiger partial charge < -0.3 is 15.3 Å². The van der Waals surface area contributed by atoms with Gasteiger partial charge in [-0.15, -0.1) is 0 Å². The highest BCUT2D eigenvalue weighted by Gasteiger charge is 2.63. The largest absolute Gasteiger partial charge is 0.504 e. The molecule has 2 saturated carbocycles. The predicted octanol–water partition coefficient (Wildman–Crippen LogP) is 6.85. The first kappa shape index (κ1) is 22.3. The molecule has 3 N–H and O–H groups in total. The van der Waals surface area contributed by atoms with Crippen molar-refractivity contribution in [3.63, 3.8) is 0 Å². The molecule has 4 nitrogen and oxygen atoms in total. The minimum absolute atomic E-state index is 0.0544. The zero-order valence-electron chi connectivity index (χ0n) is 20.7. The van der Waals surface area contributed by atoms with Crippen LogP contribution in [0.1, 0.15) is 82.1 Å². The zero-order chi connectivity index (χ0) is 24.1. The van der Waals surface area contributed by atoms with E-state index < -0.39 is 11.4 Å². The van der Waals surface area contributed by atoms with Gasteiger partial charge in [-0.05, 0) is 103 Å². The topological polar surface area (TPSA) is 77.8 Å². The second kappa shape index (κ2) is 6.55. The Bertz CT molecular complexity index is 1240. The van der Waals surface area contributed by atoms with Crippen LogP contribution in [0.3, 0.4) is 0 Å². The molecule has 5 atom stereocenters. The summed E-state index contributed by atoms with van der Waals surface area (Å²) in [7, 11) is 0. The summed E-state index contributed by atoms with van der Waals surface area (Å²) >= 11 is 0. The fourth-order valence-corrected chi connectivity index (χ4v) is 7.86. The van der Waals surface area contributed by atoms with E-state index >= 15 is 0 Å². The Labute approximate surface area is 196 Å². The van der Waals surface area contributed by atoms with E-state index in [1.165, 1.54) is 11.1 Å². The van der Waals surface area contributed by atoms with Crippen molar-refractivity contribution in [3.05, 3.63) is 40.5 Å². The smallest absolute Gasteiger partial charge is 0.309 e. The molecule has 0 aliphatic heterocycles. The molecule has 2 aromatic rings. The van der Waals surface area contributed by atoms with E-state index in [0.717, 1.165) is 42.0 Å². The SMILES string of the molecule is Cc1cc2c(C)c(O)c(O)cc2c2c1[C@@]1(C)CC[C@@]3(C)CC[C@@](C)(C(=O)O)C[C@@H]3[C@]1(C)C=C2. The molecule has 3 aliphatic carbocycles. The van der Waals surface area contributed by atoms with Gasteiger partial charge in [0.15, 0.2) is 11.5 Å².